The molecule has 0 aromatic rings. The van der Waals surface area contributed by atoms with Gasteiger partial charge in [0.15, 0.2) is 9.62 Å². The van der Waals surface area contributed by atoms with Crippen LogP contribution < -0.4 is 5.73 Å². The van der Waals surface area contributed by atoms with E-state index in [9.17, 15) is 21.4 Å². The molecule has 0 spiro atoms. The molecule has 17 heavy (non-hydrogen) atoms. The Balaban J connectivity index is 3.71. The van der Waals surface area contributed by atoms with Gasteiger partial charge in [0.05, 0.1) is 0 Å². The number of rotatable bonds is 3. The summed E-state index contributed by atoms with van der Waals surface area (Å²) in [7, 11) is -9.76. The average Bonchev–Trinajstić information content (AvgIpc) is 2.15. The highest BCUT2D eigenvalue weighted by Gasteiger charge is 2.61. The molecule has 4 N–H and O–H groups in total. The summed E-state index contributed by atoms with van der Waals surface area (Å²) < 4.78 is 61.5. The van der Waals surface area contributed by atoms with E-state index in [1.54, 1.807) is 0 Å². The van der Waals surface area contributed by atoms with Gasteiger partial charge in [-0.3, -0.25) is 9.11 Å². The Morgan fingerprint density at radius 2 is 1.53 bits per heavy atom. The Kier molecular flexibility index (Phi) is 3.27. The van der Waals surface area contributed by atoms with Gasteiger partial charge in [-0.2, -0.15) is 16.8 Å². The molecule has 0 aromatic heterocycles. The Morgan fingerprint density at radius 3 is 1.82 bits per heavy atom. The first-order valence-corrected chi connectivity index (χ1v) is 7.50. The average molecular weight is 283 g/mol. The second-order valence-corrected chi connectivity index (χ2v) is 7.01. The maximum Gasteiger partial charge on any atom is 0.289 e. The van der Waals surface area contributed by atoms with Crippen molar-refractivity contribution in [2.24, 2.45) is 5.73 Å². The number of nitrogens with two attached hydrogens (primary N) is 1. The topological polar surface area (TPSA) is 135 Å². The molecule has 1 aliphatic carbocycles. The summed E-state index contributed by atoms with van der Waals surface area (Å²) in [5.41, 5.74) is 5.50. The van der Waals surface area contributed by atoms with Crippen molar-refractivity contribution in [1.29, 1.82) is 0 Å². The molecule has 0 amide bonds. The molecule has 9 heteroatoms. The van der Waals surface area contributed by atoms with E-state index in [1.807, 2.05) is 0 Å². The van der Waals surface area contributed by atoms with Crippen molar-refractivity contribution in [2.45, 2.75) is 23.0 Å². The highest BCUT2D eigenvalue weighted by atomic mass is 32.2. The molecule has 1 rings (SSSR count). The molecule has 0 radical (unpaired) electrons. The molecular weight excluding hydrogens is 270 g/mol. The third-order valence-electron chi connectivity index (χ3n) is 2.89. The Morgan fingerprint density at radius 1 is 1.06 bits per heavy atom. The smallest absolute Gasteiger partial charge is 0.289 e. The van der Waals surface area contributed by atoms with Crippen molar-refractivity contribution in [1.82, 2.24) is 0 Å². The van der Waals surface area contributed by atoms with Crippen LogP contribution in [-0.2, 0) is 20.2 Å². The lowest BCUT2D eigenvalue weighted by Gasteiger charge is -2.40. The first kappa shape index (κ1) is 14.3. The molecule has 0 aromatic carbocycles. The summed E-state index contributed by atoms with van der Waals surface area (Å²) in [5, 5.41) is 0. The number of hydrogen-bond acceptors (Lipinski definition) is 5. The van der Waals surface area contributed by atoms with Crippen LogP contribution in [0.3, 0.4) is 0 Å². The fourth-order valence-electron chi connectivity index (χ4n) is 1.85. The van der Waals surface area contributed by atoms with E-state index in [0.29, 0.717) is 0 Å². The van der Waals surface area contributed by atoms with Gasteiger partial charge in [0.25, 0.3) is 20.2 Å². The van der Waals surface area contributed by atoms with Gasteiger partial charge in [0, 0.05) is 0 Å². The van der Waals surface area contributed by atoms with Crippen LogP contribution >= 0.6 is 0 Å². The molecule has 0 fully saturated rings. The predicted octanol–water partition coefficient (Wildman–Crippen LogP) is -0.308. The zero-order valence-corrected chi connectivity index (χ0v) is 10.6. The van der Waals surface area contributed by atoms with Crippen LogP contribution in [0.25, 0.3) is 0 Å². The van der Waals surface area contributed by atoms with E-state index in [4.69, 9.17) is 10.3 Å². The van der Waals surface area contributed by atoms with Crippen molar-refractivity contribution in [3.63, 3.8) is 0 Å². The molecule has 0 heterocycles. The molecular formula is C8H13NO6S2. The van der Waals surface area contributed by atoms with E-state index < -0.39 is 29.9 Å². The summed E-state index contributed by atoms with van der Waals surface area (Å²) in [6.07, 6.45) is 3.90. The molecule has 0 aliphatic heterocycles. The van der Waals surface area contributed by atoms with Gasteiger partial charge >= 0.3 is 0 Å². The second-order valence-electron chi connectivity index (χ2n) is 3.70. The van der Waals surface area contributed by atoms with E-state index >= 15 is 0 Å². The van der Waals surface area contributed by atoms with Crippen LogP contribution in [0.1, 0.15) is 13.3 Å². The predicted molar refractivity (Wildman–Crippen MR) is 61.3 cm³/mol. The lowest BCUT2D eigenvalue weighted by Crippen LogP contribution is -2.66. The largest absolute Gasteiger partial charge is 0.306 e. The van der Waals surface area contributed by atoms with Crippen molar-refractivity contribution >= 4 is 20.2 Å². The molecule has 0 saturated carbocycles. The van der Waals surface area contributed by atoms with E-state index in [1.165, 1.54) is 19.1 Å². The Hall–Kier alpha value is -0.740. The molecule has 7 nitrogen and oxygen atoms in total. The van der Waals surface area contributed by atoms with Crippen LogP contribution in [0.15, 0.2) is 24.3 Å². The molecule has 98 valence electrons. The number of hydrogen-bond donors (Lipinski definition) is 3. The minimum atomic E-state index is -4.93. The van der Waals surface area contributed by atoms with Gasteiger partial charge in [0.1, 0.15) is 0 Å². The summed E-state index contributed by atoms with van der Waals surface area (Å²) >= 11 is 0. The highest BCUT2D eigenvalue weighted by Crippen LogP contribution is 2.39. The van der Waals surface area contributed by atoms with Crippen LogP contribution in [0.4, 0.5) is 0 Å². The Labute approximate surface area is 99.5 Å². The minimum absolute atomic E-state index is 0.317. The number of allylic oxidation sites excluding steroid dienone is 2. The van der Waals surface area contributed by atoms with E-state index in [2.05, 4.69) is 0 Å². The zero-order valence-electron chi connectivity index (χ0n) is 8.94. The third kappa shape index (κ3) is 1.83. The molecule has 1 aliphatic rings. The monoisotopic (exact) mass is 283 g/mol. The van der Waals surface area contributed by atoms with Crippen molar-refractivity contribution in [2.75, 3.05) is 0 Å². The fourth-order valence-corrected chi connectivity index (χ4v) is 4.47. The van der Waals surface area contributed by atoms with Gasteiger partial charge in [-0.15, -0.1) is 0 Å². The normalized spacial score (nSPS) is 33.9. The van der Waals surface area contributed by atoms with Crippen molar-refractivity contribution < 1.29 is 25.9 Å². The second kappa shape index (κ2) is 3.89. The molecule has 2 atom stereocenters. The molecule has 0 saturated heterocycles. The SMILES string of the molecule is CCC1(S(=O)(=O)O)C=CC=CC1(N)S(=O)(=O)O. The van der Waals surface area contributed by atoms with Crippen LogP contribution in [0.2, 0.25) is 0 Å². The van der Waals surface area contributed by atoms with E-state index in [-0.39, 0.29) is 6.42 Å². The first-order valence-electron chi connectivity index (χ1n) is 4.62. The standard InChI is InChI=1S/C8H13NO6S2/c1-2-7(16(10,11)12)5-3-4-6-8(7,9)17(13,14)15/h3-6H,2,9H2,1H3,(H,10,11,12)(H,13,14,15). The van der Waals surface area contributed by atoms with E-state index in [0.717, 1.165) is 12.2 Å². The Bertz CT molecular complexity index is 575. The quantitative estimate of drug-likeness (QED) is 0.605. The summed E-state index contributed by atoms with van der Waals surface area (Å²) in [4.78, 5) is -2.61. The first-order chi connectivity index (χ1) is 7.52. The van der Waals surface area contributed by atoms with Gasteiger partial charge in [0.2, 0.25) is 0 Å². The maximum absolute atomic E-state index is 11.4. The van der Waals surface area contributed by atoms with Gasteiger partial charge in [-0.05, 0) is 12.5 Å². The molecule has 2 unspecified atom stereocenters. The summed E-state index contributed by atoms with van der Waals surface area (Å²) in [6, 6.07) is 0. The van der Waals surface area contributed by atoms with Crippen LogP contribution in [-0.4, -0.2) is 35.6 Å². The lowest BCUT2D eigenvalue weighted by molar-refractivity contribution is 0.377. The molecule has 0 bridgehead atoms. The fraction of sp³-hybridized carbons (Fsp3) is 0.500. The third-order valence-corrected chi connectivity index (χ3v) is 6.06. The van der Waals surface area contributed by atoms with Crippen LogP contribution in [0.5, 0.6) is 0 Å². The highest BCUT2D eigenvalue weighted by molar-refractivity contribution is 7.92. The van der Waals surface area contributed by atoms with Gasteiger partial charge in [-0.25, -0.2) is 0 Å². The summed E-state index contributed by atoms with van der Waals surface area (Å²) in [6.45, 7) is 1.34. The lowest BCUT2D eigenvalue weighted by atomic mass is 9.91. The van der Waals surface area contributed by atoms with Crippen molar-refractivity contribution in [3.05, 3.63) is 24.3 Å². The minimum Gasteiger partial charge on any atom is -0.306 e. The maximum atomic E-state index is 11.4. The van der Waals surface area contributed by atoms with Crippen LogP contribution in [0, 0.1) is 0 Å². The summed E-state index contributed by atoms with van der Waals surface area (Å²) in [5.74, 6) is 0. The zero-order chi connectivity index (χ0) is 13.5. The van der Waals surface area contributed by atoms with Gasteiger partial charge in [-0.1, -0.05) is 25.2 Å². The van der Waals surface area contributed by atoms with Crippen molar-refractivity contribution in [3.8, 4) is 0 Å². The van der Waals surface area contributed by atoms with Gasteiger partial charge < -0.3 is 5.73 Å².